The fraction of sp³-hybridized carbons (Fsp3) is 0.133. The van der Waals surface area contributed by atoms with Crippen molar-refractivity contribution in [2.75, 3.05) is 19.8 Å². The molecule has 36 heavy (non-hydrogen) atoms. The smallest absolute Gasteiger partial charge is 0.343 e. The molecule has 0 fully saturated rings. The van der Waals surface area contributed by atoms with Crippen LogP contribution in [0.5, 0.6) is 17.2 Å². The predicted octanol–water partition coefficient (Wildman–Crippen LogP) is 5.76. The van der Waals surface area contributed by atoms with Gasteiger partial charge in [-0.2, -0.15) is 0 Å². The largest absolute Gasteiger partial charge is 0.493 e. The molecule has 0 spiro atoms. The van der Waals surface area contributed by atoms with E-state index in [-0.39, 0.29) is 13.2 Å². The van der Waals surface area contributed by atoms with E-state index in [4.69, 9.17) is 18.9 Å². The Morgan fingerprint density at radius 3 is 1.69 bits per heavy atom. The summed E-state index contributed by atoms with van der Waals surface area (Å²) in [6.45, 7) is 0.918. The number of benzene rings is 4. The fourth-order valence-corrected chi connectivity index (χ4v) is 3.34. The van der Waals surface area contributed by atoms with Crippen molar-refractivity contribution in [2.24, 2.45) is 0 Å². The fourth-order valence-electron chi connectivity index (χ4n) is 3.34. The molecule has 0 saturated heterocycles. The molecule has 0 aliphatic heterocycles. The van der Waals surface area contributed by atoms with Crippen LogP contribution in [0.2, 0.25) is 0 Å². The molecule has 4 aromatic carbocycles. The van der Waals surface area contributed by atoms with Crippen LogP contribution >= 0.6 is 0 Å². The van der Waals surface area contributed by atoms with Crippen molar-refractivity contribution in [3.8, 4) is 17.2 Å². The molecule has 0 aliphatic carbocycles. The highest BCUT2D eigenvalue weighted by Crippen LogP contribution is 2.18. The van der Waals surface area contributed by atoms with Crippen molar-refractivity contribution >= 4 is 11.9 Å². The third-order valence-corrected chi connectivity index (χ3v) is 5.22. The lowest BCUT2D eigenvalue weighted by Gasteiger charge is -2.09. The minimum atomic E-state index is -0.501. The number of hydrogen-bond donors (Lipinski definition) is 0. The summed E-state index contributed by atoms with van der Waals surface area (Å²) in [4.78, 5) is 24.7. The lowest BCUT2D eigenvalue weighted by atomic mass is 10.2. The summed E-state index contributed by atoms with van der Waals surface area (Å²) in [6, 6.07) is 32.4. The van der Waals surface area contributed by atoms with E-state index in [9.17, 15) is 9.59 Å². The Labute approximate surface area is 210 Å². The van der Waals surface area contributed by atoms with Gasteiger partial charge in [-0.25, -0.2) is 9.59 Å². The molecule has 0 bridgehead atoms. The monoisotopic (exact) mass is 482 g/mol. The summed E-state index contributed by atoms with van der Waals surface area (Å²) in [5.74, 6) is 0.739. The summed E-state index contributed by atoms with van der Waals surface area (Å²) in [6.07, 6.45) is 0.801. The molecule has 0 saturated carbocycles. The highest BCUT2D eigenvalue weighted by Gasteiger charge is 2.11. The maximum Gasteiger partial charge on any atom is 0.343 e. The first-order valence-electron chi connectivity index (χ1n) is 11.6. The van der Waals surface area contributed by atoms with Crippen LogP contribution in [0.15, 0.2) is 109 Å². The second-order valence-corrected chi connectivity index (χ2v) is 7.82. The van der Waals surface area contributed by atoms with Gasteiger partial charge in [0.05, 0.1) is 17.7 Å². The number of hydrogen-bond acceptors (Lipinski definition) is 6. The van der Waals surface area contributed by atoms with Crippen LogP contribution in [0, 0.1) is 0 Å². The average molecular weight is 483 g/mol. The van der Waals surface area contributed by atoms with Crippen LogP contribution in [-0.4, -0.2) is 31.8 Å². The van der Waals surface area contributed by atoms with Gasteiger partial charge in [-0.1, -0.05) is 48.5 Å². The van der Waals surface area contributed by atoms with Gasteiger partial charge in [-0.3, -0.25) is 0 Å². The van der Waals surface area contributed by atoms with E-state index >= 15 is 0 Å². The Kier molecular flexibility index (Phi) is 8.70. The molecular weight excluding hydrogens is 456 g/mol. The molecule has 0 unspecified atom stereocenters. The highest BCUT2D eigenvalue weighted by molar-refractivity contribution is 5.92. The molecule has 182 valence electrons. The number of rotatable bonds is 11. The first-order chi connectivity index (χ1) is 17.7. The SMILES string of the molecule is O=C(OCCOc1ccccc1)c1ccc(OC(=O)c2ccc(OCCc3ccccc3)cc2)cc1. The van der Waals surface area contributed by atoms with E-state index in [1.54, 1.807) is 48.5 Å². The Hall–Kier alpha value is -4.58. The normalized spacial score (nSPS) is 10.3. The van der Waals surface area contributed by atoms with Gasteiger partial charge in [-0.15, -0.1) is 0 Å². The molecule has 6 nitrogen and oxygen atoms in total. The topological polar surface area (TPSA) is 71.1 Å². The third-order valence-electron chi connectivity index (χ3n) is 5.22. The van der Waals surface area contributed by atoms with Gasteiger partial charge in [-0.05, 0) is 66.2 Å². The average Bonchev–Trinajstić information content (AvgIpc) is 2.93. The number of para-hydroxylation sites is 1. The van der Waals surface area contributed by atoms with Crippen molar-refractivity contribution in [3.05, 3.63) is 126 Å². The van der Waals surface area contributed by atoms with Crippen LogP contribution in [0.25, 0.3) is 0 Å². The molecule has 0 aliphatic rings. The summed E-state index contributed by atoms with van der Waals surface area (Å²) < 4.78 is 21.9. The van der Waals surface area contributed by atoms with Crippen LogP contribution in [0.3, 0.4) is 0 Å². The minimum absolute atomic E-state index is 0.121. The van der Waals surface area contributed by atoms with Gasteiger partial charge in [0.25, 0.3) is 0 Å². The molecule has 4 aromatic rings. The number of esters is 2. The minimum Gasteiger partial charge on any atom is -0.493 e. The zero-order valence-electron chi connectivity index (χ0n) is 19.7. The Balaban J connectivity index is 1.20. The van der Waals surface area contributed by atoms with Gasteiger partial charge in [0.15, 0.2) is 0 Å². The summed E-state index contributed by atoms with van der Waals surface area (Å²) in [5.41, 5.74) is 1.95. The van der Waals surface area contributed by atoms with E-state index in [1.807, 2.05) is 48.5 Å². The molecular formula is C30H26O6. The zero-order chi connectivity index (χ0) is 25.0. The van der Waals surface area contributed by atoms with E-state index in [0.717, 1.165) is 6.42 Å². The first-order valence-corrected chi connectivity index (χ1v) is 11.6. The zero-order valence-corrected chi connectivity index (χ0v) is 19.7. The van der Waals surface area contributed by atoms with Gasteiger partial charge < -0.3 is 18.9 Å². The second kappa shape index (κ2) is 12.8. The Bertz CT molecular complexity index is 1240. The molecule has 0 aromatic heterocycles. The van der Waals surface area contributed by atoms with E-state index in [0.29, 0.717) is 35.0 Å². The molecule has 4 rings (SSSR count). The third kappa shape index (κ3) is 7.46. The predicted molar refractivity (Wildman–Crippen MR) is 136 cm³/mol. The van der Waals surface area contributed by atoms with Crippen LogP contribution in [0.4, 0.5) is 0 Å². The summed E-state index contributed by atoms with van der Waals surface area (Å²) >= 11 is 0. The standard InChI is InChI=1S/C30H26O6/c31-29(35-22-21-34-26-9-5-2-6-10-26)24-13-17-28(18-14-24)36-30(32)25-11-15-27(16-12-25)33-20-19-23-7-3-1-4-8-23/h1-18H,19-22H2. The molecule has 6 heteroatoms. The maximum atomic E-state index is 12.5. The van der Waals surface area contributed by atoms with E-state index in [1.165, 1.54) is 5.56 Å². The van der Waals surface area contributed by atoms with Gasteiger partial charge >= 0.3 is 11.9 Å². The van der Waals surface area contributed by atoms with E-state index in [2.05, 4.69) is 12.1 Å². The summed E-state index contributed by atoms with van der Waals surface area (Å²) in [7, 11) is 0. The van der Waals surface area contributed by atoms with Crippen molar-refractivity contribution in [3.63, 3.8) is 0 Å². The van der Waals surface area contributed by atoms with E-state index < -0.39 is 11.9 Å². The first kappa shape index (κ1) is 24.5. The van der Waals surface area contributed by atoms with Crippen molar-refractivity contribution in [1.29, 1.82) is 0 Å². The van der Waals surface area contributed by atoms with Gasteiger partial charge in [0.1, 0.15) is 30.5 Å². The molecule has 0 atom stereocenters. The number of carbonyl (C=O) groups excluding carboxylic acids is 2. The molecule has 0 radical (unpaired) electrons. The number of ether oxygens (including phenoxy) is 4. The molecule has 0 amide bonds. The lowest BCUT2D eigenvalue weighted by molar-refractivity contribution is 0.0450. The Morgan fingerprint density at radius 2 is 1.03 bits per heavy atom. The van der Waals surface area contributed by atoms with Crippen LogP contribution in [-0.2, 0) is 11.2 Å². The second-order valence-electron chi connectivity index (χ2n) is 7.82. The Morgan fingerprint density at radius 1 is 0.500 bits per heavy atom. The quantitative estimate of drug-likeness (QED) is 0.154. The van der Waals surface area contributed by atoms with Gasteiger partial charge in [0, 0.05) is 6.42 Å². The maximum absolute atomic E-state index is 12.5. The summed E-state index contributed by atoms with van der Waals surface area (Å²) in [5, 5.41) is 0. The van der Waals surface area contributed by atoms with Gasteiger partial charge in [0.2, 0.25) is 0 Å². The van der Waals surface area contributed by atoms with Crippen molar-refractivity contribution in [1.82, 2.24) is 0 Å². The van der Waals surface area contributed by atoms with Crippen molar-refractivity contribution < 1.29 is 28.5 Å². The van der Waals surface area contributed by atoms with Crippen LogP contribution < -0.4 is 14.2 Å². The highest BCUT2D eigenvalue weighted by atomic mass is 16.6. The number of carbonyl (C=O) groups is 2. The van der Waals surface area contributed by atoms with Crippen molar-refractivity contribution in [2.45, 2.75) is 6.42 Å². The lowest BCUT2D eigenvalue weighted by Crippen LogP contribution is -2.12. The molecule has 0 heterocycles. The van der Waals surface area contributed by atoms with Crippen LogP contribution in [0.1, 0.15) is 26.3 Å². The molecule has 0 N–H and O–H groups in total.